The molecule has 1 unspecified atom stereocenters. The molecule has 5 nitrogen and oxygen atoms in total. The number of halogens is 2. The quantitative estimate of drug-likeness (QED) is 0.798. The summed E-state index contributed by atoms with van der Waals surface area (Å²) in [5, 5.41) is 0.794. The van der Waals surface area contributed by atoms with Crippen molar-refractivity contribution in [2.24, 2.45) is 0 Å². The van der Waals surface area contributed by atoms with Crippen molar-refractivity contribution in [1.29, 1.82) is 0 Å². The van der Waals surface area contributed by atoms with E-state index in [1.807, 2.05) is 0 Å². The van der Waals surface area contributed by atoms with Crippen LogP contribution in [0.5, 0.6) is 0 Å². The smallest absolute Gasteiger partial charge is 0.308 e. The summed E-state index contributed by atoms with van der Waals surface area (Å²) in [5.74, 6) is -0.587. The first-order valence-electron chi connectivity index (χ1n) is 6.44. The minimum absolute atomic E-state index is 0.115. The predicted molar refractivity (Wildman–Crippen MR) is 78.7 cm³/mol. The number of methoxy groups -OCH3 is 1. The predicted octanol–water partition coefficient (Wildman–Crippen LogP) is 2.40. The Hall–Kier alpha value is -1.30. The summed E-state index contributed by atoms with van der Waals surface area (Å²) < 4.78 is 10.1. The zero-order chi connectivity index (χ0) is 15.4. The Morgan fingerprint density at radius 1 is 1.43 bits per heavy atom. The Morgan fingerprint density at radius 2 is 2.19 bits per heavy atom. The second kappa shape index (κ2) is 7.11. The summed E-state index contributed by atoms with van der Waals surface area (Å²) in [7, 11) is 1.32. The second-order valence-corrected chi connectivity index (χ2v) is 5.49. The van der Waals surface area contributed by atoms with Gasteiger partial charge in [-0.05, 0) is 18.2 Å². The molecular weight excluding hydrogens is 317 g/mol. The number of amides is 1. The van der Waals surface area contributed by atoms with Crippen molar-refractivity contribution in [2.45, 2.75) is 12.5 Å². The van der Waals surface area contributed by atoms with Gasteiger partial charge < -0.3 is 14.4 Å². The zero-order valence-corrected chi connectivity index (χ0v) is 13.0. The van der Waals surface area contributed by atoms with E-state index in [0.29, 0.717) is 35.3 Å². The lowest BCUT2D eigenvalue weighted by Gasteiger charge is -2.32. The molecule has 0 bridgehead atoms. The highest BCUT2D eigenvalue weighted by molar-refractivity contribution is 6.35. The fraction of sp³-hybridized carbons (Fsp3) is 0.429. The van der Waals surface area contributed by atoms with Crippen molar-refractivity contribution in [1.82, 2.24) is 4.90 Å². The van der Waals surface area contributed by atoms with Crippen LogP contribution in [0.1, 0.15) is 16.8 Å². The van der Waals surface area contributed by atoms with E-state index in [-0.39, 0.29) is 24.4 Å². The molecule has 1 heterocycles. The number of nitrogens with zero attached hydrogens (tertiary/aromatic N) is 1. The third-order valence-corrected chi connectivity index (χ3v) is 3.77. The maximum atomic E-state index is 12.5. The summed E-state index contributed by atoms with van der Waals surface area (Å²) in [6.07, 6.45) is -0.253. The fourth-order valence-corrected chi connectivity index (χ4v) is 2.50. The molecule has 0 saturated carbocycles. The standard InChI is InChI=1S/C14H15Cl2NO4/c1-20-13(18)7-10-8-17(4-5-21-10)14(19)11-6-9(15)2-3-12(11)16/h2-3,6,10H,4-5,7-8H2,1H3. The lowest BCUT2D eigenvalue weighted by atomic mass is 10.1. The van der Waals surface area contributed by atoms with Gasteiger partial charge >= 0.3 is 5.97 Å². The number of rotatable bonds is 3. The zero-order valence-electron chi connectivity index (χ0n) is 11.5. The number of ether oxygens (including phenoxy) is 2. The van der Waals surface area contributed by atoms with E-state index in [1.54, 1.807) is 17.0 Å². The Balaban J connectivity index is 2.08. The van der Waals surface area contributed by atoms with Gasteiger partial charge in [0.15, 0.2) is 0 Å². The molecule has 1 aliphatic heterocycles. The molecule has 114 valence electrons. The molecule has 1 aromatic carbocycles. The van der Waals surface area contributed by atoms with Crippen LogP contribution in [-0.4, -0.2) is 49.7 Å². The number of hydrogen-bond donors (Lipinski definition) is 0. The van der Waals surface area contributed by atoms with Crippen LogP contribution in [0.4, 0.5) is 0 Å². The summed E-state index contributed by atoms with van der Waals surface area (Å²) in [6.45, 7) is 1.13. The SMILES string of the molecule is COC(=O)CC1CN(C(=O)c2cc(Cl)ccc2Cl)CCO1. The van der Waals surface area contributed by atoms with Crippen molar-refractivity contribution in [3.05, 3.63) is 33.8 Å². The van der Waals surface area contributed by atoms with Crippen LogP contribution < -0.4 is 0 Å². The maximum absolute atomic E-state index is 12.5. The number of esters is 1. The topological polar surface area (TPSA) is 55.8 Å². The molecule has 0 spiro atoms. The van der Waals surface area contributed by atoms with Gasteiger partial charge in [-0.1, -0.05) is 23.2 Å². The van der Waals surface area contributed by atoms with Crippen LogP contribution in [0.15, 0.2) is 18.2 Å². The van der Waals surface area contributed by atoms with Gasteiger partial charge in [0.2, 0.25) is 0 Å². The molecule has 21 heavy (non-hydrogen) atoms. The first kappa shape index (κ1) is 16.1. The monoisotopic (exact) mass is 331 g/mol. The first-order valence-corrected chi connectivity index (χ1v) is 7.19. The van der Waals surface area contributed by atoms with E-state index in [9.17, 15) is 9.59 Å². The number of carbonyl (C=O) groups excluding carboxylic acids is 2. The molecular formula is C14H15Cl2NO4. The van der Waals surface area contributed by atoms with Gasteiger partial charge in [-0.2, -0.15) is 0 Å². The van der Waals surface area contributed by atoms with Crippen molar-refractivity contribution >= 4 is 35.1 Å². The molecule has 0 aromatic heterocycles. The Kier molecular flexibility index (Phi) is 5.45. The van der Waals surface area contributed by atoms with E-state index in [2.05, 4.69) is 4.74 Å². The van der Waals surface area contributed by atoms with Crippen molar-refractivity contribution in [2.75, 3.05) is 26.8 Å². The number of hydrogen-bond acceptors (Lipinski definition) is 4. The van der Waals surface area contributed by atoms with Crippen molar-refractivity contribution < 1.29 is 19.1 Å². The molecule has 0 N–H and O–H groups in total. The van der Waals surface area contributed by atoms with Crippen LogP contribution in [0.3, 0.4) is 0 Å². The van der Waals surface area contributed by atoms with Gasteiger partial charge in [0.05, 0.1) is 36.8 Å². The maximum Gasteiger partial charge on any atom is 0.308 e. The number of benzene rings is 1. The molecule has 2 rings (SSSR count). The van der Waals surface area contributed by atoms with Gasteiger partial charge in [-0.3, -0.25) is 9.59 Å². The Labute approximate surface area is 132 Å². The van der Waals surface area contributed by atoms with Crippen molar-refractivity contribution in [3.63, 3.8) is 0 Å². The van der Waals surface area contributed by atoms with E-state index in [4.69, 9.17) is 27.9 Å². The van der Waals surface area contributed by atoms with Crippen LogP contribution >= 0.6 is 23.2 Å². The minimum atomic E-state index is -0.367. The van der Waals surface area contributed by atoms with Crippen LogP contribution in [0, 0.1) is 0 Å². The van der Waals surface area contributed by atoms with Crippen LogP contribution in [-0.2, 0) is 14.3 Å². The largest absolute Gasteiger partial charge is 0.469 e. The van der Waals surface area contributed by atoms with Crippen molar-refractivity contribution in [3.8, 4) is 0 Å². The second-order valence-electron chi connectivity index (χ2n) is 4.65. The van der Waals surface area contributed by atoms with Gasteiger partial charge in [-0.15, -0.1) is 0 Å². The molecule has 1 saturated heterocycles. The molecule has 0 radical (unpaired) electrons. The fourth-order valence-electron chi connectivity index (χ4n) is 2.13. The summed E-state index contributed by atoms with van der Waals surface area (Å²) in [4.78, 5) is 25.4. The van der Waals surface area contributed by atoms with Gasteiger partial charge in [0.25, 0.3) is 5.91 Å². The highest BCUT2D eigenvalue weighted by Crippen LogP contribution is 2.23. The van der Waals surface area contributed by atoms with Gasteiger partial charge in [0, 0.05) is 18.1 Å². The molecule has 1 aliphatic rings. The third kappa shape index (κ3) is 4.09. The van der Waals surface area contributed by atoms with Crippen LogP contribution in [0.2, 0.25) is 10.0 Å². The average molecular weight is 332 g/mol. The number of carbonyl (C=O) groups is 2. The van der Waals surface area contributed by atoms with Crippen LogP contribution in [0.25, 0.3) is 0 Å². The Bertz CT molecular complexity index is 550. The summed E-state index contributed by atoms with van der Waals surface area (Å²) in [6, 6.07) is 4.75. The summed E-state index contributed by atoms with van der Waals surface area (Å²) >= 11 is 11.9. The normalized spacial score (nSPS) is 18.4. The van der Waals surface area contributed by atoms with E-state index >= 15 is 0 Å². The lowest BCUT2D eigenvalue weighted by molar-refractivity contribution is -0.145. The Morgan fingerprint density at radius 3 is 2.90 bits per heavy atom. The van der Waals surface area contributed by atoms with E-state index < -0.39 is 0 Å². The molecule has 7 heteroatoms. The average Bonchev–Trinajstić information content (AvgIpc) is 2.49. The van der Waals surface area contributed by atoms with Gasteiger partial charge in [-0.25, -0.2) is 0 Å². The molecule has 1 atom stereocenters. The highest BCUT2D eigenvalue weighted by atomic mass is 35.5. The van der Waals surface area contributed by atoms with Gasteiger partial charge in [0.1, 0.15) is 0 Å². The van der Waals surface area contributed by atoms with E-state index in [0.717, 1.165) is 0 Å². The molecule has 0 aliphatic carbocycles. The highest BCUT2D eigenvalue weighted by Gasteiger charge is 2.28. The van der Waals surface area contributed by atoms with E-state index in [1.165, 1.54) is 13.2 Å². The molecule has 1 aromatic rings. The first-order chi connectivity index (χ1) is 10.0. The lowest BCUT2D eigenvalue weighted by Crippen LogP contribution is -2.46. The minimum Gasteiger partial charge on any atom is -0.469 e. The molecule has 1 fully saturated rings. The summed E-state index contributed by atoms with van der Waals surface area (Å²) in [5.41, 5.74) is 0.350. The molecule has 1 amide bonds. The third-order valence-electron chi connectivity index (χ3n) is 3.21. The number of morpholine rings is 1.